The number of allylic oxidation sites excluding steroid dienone is 1. The molecule has 3 aliphatic rings. The van der Waals surface area contributed by atoms with Crippen molar-refractivity contribution < 1.29 is 29.0 Å². The summed E-state index contributed by atoms with van der Waals surface area (Å²) in [6.45, 7) is 17.4. The molecule has 1 N–H and O–H groups in total. The van der Waals surface area contributed by atoms with Gasteiger partial charge in [0, 0.05) is 12.2 Å². The Morgan fingerprint density at radius 2 is 2.02 bits per heavy atom. The number of likely N-dealkylation sites (tertiary alicyclic amines) is 1. The molecule has 3 aliphatic heterocycles. The van der Waals surface area contributed by atoms with Crippen molar-refractivity contribution >= 4 is 23.5 Å². The van der Waals surface area contributed by atoms with E-state index in [1.165, 1.54) is 4.90 Å². The minimum Gasteiger partial charge on any atom is -0.465 e. The maximum absolute atomic E-state index is 14.7. The van der Waals surface area contributed by atoms with Crippen LogP contribution in [0.2, 0.25) is 0 Å². The van der Waals surface area contributed by atoms with Gasteiger partial charge < -0.3 is 24.4 Å². The van der Waals surface area contributed by atoms with E-state index in [1.54, 1.807) is 17.1 Å². The smallest absolute Gasteiger partial charge is 0.312 e. The van der Waals surface area contributed by atoms with Gasteiger partial charge in [0.15, 0.2) is 0 Å². The Bertz CT molecular complexity index is 1180. The summed E-state index contributed by atoms with van der Waals surface area (Å²) in [6.07, 6.45) is 5.68. The molecule has 0 aromatic heterocycles. The first-order valence-corrected chi connectivity index (χ1v) is 14.4. The maximum atomic E-state index is 14.7. The van der Waals surface area contributed by atoms with Gasteiger partial charge in [-0.25, -0.2) is 0 Å². The zero-order valence-corrected chi connectivity index (χ0v) is 24.5. The molecular weight excluding hydrogens is 508 g/mol. The Labute approximate surface area is 238 Å². The van der Waals surface area contributed by atoms with Gasteiger partial charge >= 0.3 is 5.97 Å². The average Bonchev–Trinajstić information content (AvgIpc) is 3.44. The van der Waals surface area contributed by atoms with Crippen LogP contribution >= 0.6 is 0 Å². The van der Waals surface area contributed by atoms with Crippen LogP contribution in [0.15, 0.2) is 43.5 Å². The number of aryl methyl sites for hydroxylation is 2. The van der Waals surface area contributed by atoms with Crippen LogP contribution in [0.25, 0.3) is 0 Å². The van der Waals surface area contributed by atoms with E-state index < -0.39 is 41.1 Å². The lowest BCUT2D eigenvalue weighted by Gasteiger charge is -2.39. The van der Waals surface area contributed by atoms with Gasteiger partial charge in [-0.1, -0.05) is 38.1 Å². The number of hydrogen-bond donors (Lipinski definition) is 1. The second-order valence-corrected chi connectivity index (χ2v) is 11.8. The van der Waals surface area contributed by atoms with Gasteiger partial charge in [-0.15, -0.1) is 13.2 Å². The van der Waals surface area contributed by atoms with Crippen molar-refractivity contribution in [2.24, 2.45) is 17.8 Å². The third kappa shape index (κ3) is 4.59. The largest absolute Gasteiger partial charge is 0.465 e. The summed E-state index contributed by atoms with van der Waals surface area (Å²) >= 11 is 0. The summed E-state index contributed by atoms with van der Waals surface area (Å²) in [5.74, 6) is -2.92. The average molecular weight is 553 g/mol. The number of ether oxygens (including phenoxy) is 2. The minimum atomic E-state index is -1.22. The predicted molar refractivity (Wildman–Crippen MR) is 154 cm³/mol. The van der Waals surface area contributed by atoms with E-state index in [0.29, 0.717) is 25.7 Å². The number of rotatable bonds is 12. The van der Waals surface area contributed by atoms with Crippen LogP contribution in [-0.4, -0.2) is 70.8 Å². The Morgan fingerprint density at radius 1 is 1.30 bits per heavy atom. The van der Waals surface area contributed by atoms with E-state index in [1.807, 2.05) is 52.8 Å². The van der Waals surface area contributed by atoms with E-state index in [-0.39, 0.29) is 37.5 Å². The third-order valence-corrected chi connectivity index (χ3v) is 9.35. The van der Waals surface area contributed by atoms with Gasteiger partial charge in [-0.3, -0.25) is 14.4 Å². The second-order valence-electron chi connectivity index (χ2n) is 11.8. The first-order chi connectivity index (χ1) is 19.0. The fourth-order valence-corrected chi connectivity index (χ4v) is 7.21. The first kappa shape index (κ1) is 30.0. The molecule has 3 heterocycles. The number of fused-ring (bicyclic) bond motifs is 1. The van der Waals surface area contributed by atoms with Crippen LogP contribution in [0.4, 0.5) is 5.69 Å². The Balaban J connectivity index is 1.83. The molecule has 0 radical (unpaired) electrons. The number of anilines is 1. The summed E-state index contributed by atoms with van der Waals surface area (Å²) in [4.78, 5) is 45.9. The van der Waals surface area contributed by atoms with Crippen molar-refractivity contribution in [3.63, 3.8) is 0 Å². The van der Waals surface area contributed by atoms with E-state index in [2.05, 4.69) is 13.2 Å². The molecule has 1 aromatic rings. The normalized spacial score (nSPS) is 31.1. The highest BCUT2D eigenvalue weighted by atomic mass is 16.6. The van der Waals surface area contributed by atoms with E-state index in [0.717, 1.165) is 16.8 Å². The molecule has 3 fully saturated rings. The van der Waals surface area contributed by atoms with Gasteiger partial charge in [0.25, 0.3) is 5.91 Å². The summed E-state index contributed by atoms with van der Waals surface area (Å²) in [5, 5.41) is 10.3. The second kappa shape index (κ2) is 11.5. The number of aliphatic hydroxyl groups excluding tert-OH is 1. The predicted octanol–water partition coefficient (Wildman–Crippen LogP) is 4.11. The Kier molecular flexibility index (Phi) is 8.62. The van der Waals surface area contributed by atoms with Crippen LogP contribution in [0.3, 0.4) is 0 Å². The Morgan fingerprint density at radius 3 is 2.65 bits per heavy atom. The summed E-state index contributed by atoms with van der Waals surface area (Å²) in [5.41, 5.74) is 0.478. The number of aliphatic hydroxyl groups is 1. The topological polar surface area (TPSA) is 96.4 Å². The van der Waals surface area contributed by atoms with Crippen molar-refractivity contribution in [2.75, 3.05) is 24.7 Å². The summed E-state index contributed by atoms with van der Waals surface area (Å²) in [7, 11) is 0. The van der Waals surface area contributed by atoms with Crippen LogP contribution in [0.5, 0.6) is 0 Å². The SMILES string of the molecule is C=CCCCOC(=O)[C@@H]1[C@H]2C(=O)N([C@@H](CC)CO)C(C(=O)N(CC=C)c3cc(C)ccc3C)C23CC(C)[C@@]1(C)O3. The van der Waals surface area contributed by atoms with Gasteiger partial charge in [0.05, 0.1) is 30.8 Å². The number of hydrogen-bond acceptors (Lipinski definition) is 6. The van der Waals surface area contributed by atoms with Crippen molar-refractivity contribution in [1.29, 1.82) is 0 Å². The monoisotopic (exact) mass is 552 g/mol. The summed E-state index contributed by atoms with van der Waals surface area (Å²) in [6, 6.07) is 4.31. The Hall–Kier alpha value is -2.97. The number of carbonyl (C=O) groups is 3. The standard InChI is InChI=1S/C32H44N2O6/c1-8-11-12-16-39-30(38)26-25-28(36)34(23(10-3)19-35)27(32(25)18-22(6)31(26,7)40-32)29(37)33(15-9-2)24-17-20(4)13-14-21(24)5/h8-9,13-14,17,22-23,25-27,35H,1-2,10-12,15-16,18-19H2,3-7H3/t22?,23-,25-,26-,27?,31+,32?/m0/s1. The van der Waals surface area contributed by atoms with E-state index in [9.17, 15) is 19.5 Å². The van der Waals surface area contributed by atoms with Gasteiger partial charge in [0.1, 0.15) is 17.6 Å². The fourth-order valence-electron chi connectivity index (χ4n) is 7.21. The number of benzene rings is 1. The van der Waals surface area contributed by atoms with Crippen LogP contribution in [0, 0.1) is 31.6 Å². The zero-order valence-electron chi connectivity index (χ0n) is 24.5. The van der Waals surface area contributed by atoms with Crippen molar-refractivity contribution in [2.45, 2.75) is 83.6 Å². The molecule has 0 saturated carbocycles. The van der Waals surface area contributed by atoms with Crippen molar-refractivity contribution in [3.05, 3.63) is 54.6 Å². The fraction of sp³-hybridized carbons (Fsp3) is 0.594. The van der Waals surface area contributed by atoms with E-state index in [4.69, 9.17) is 9.47 Å². The number of unbranched alkanes of at least 4 members (excludes halogenated alkanes) is 1. The van der Waals surface area contributed by atoms with Gasteiger partial charge in [0.2, 0.25) is 5.91 Å². The molecule has 7 atom stereocenters. The number of nitrogens with zero attached hydrogens (tertiary/aromatic N) is 2. The molecule has 2 bridgehead atoms. The van der Waals surface area contributed by atoms with Gasteiger partial charge in [-0.2, -0.15) is 0 Å². The van der Waals surface area contributed by atoms with Crippen molar-refractivity contribution in [1.82, 2.24) is 4.90 Å². The quantitative estimate of drug-likeness (QED) is 0.238. The van der Waals surface area contributed by atoms with Crippen LogP contribution in [0.1, 0.15) is 57.6 Å². The van der Waals surface area contributed by atoms with Crippen LogP contribution < -0.4 is 4.90 Å². The zero-order chi connectivity index (χ0) is 29.4. The maximum Gasteiger partial charge on any atom is 0.312 e. The molecular formula is C32H44N2O6. The van der Waals surface area contributed by atoms with Crippen LogP contribution in [-0.2, 0) is 23.9 Å². The molecule has 1 aromatic carbocycles. The van der Waals surface area contributed by atoms with Gasteiger partial charge in [-0.05, 0) is 69.6 Å². The molecule has 3 unspecified atom stereocenters. The first-order valence-electron chi connectivity index (χ1n) is 14.4. The third-order valence-electron chi connectivity index (χ3n) is 9.35. The minimum absolute atomic E-state index is 0.0970. The molecule has 8 heteroatoms. The lowest BCUT2D eigenvalue weighted by molar-refractivity contribution is -0.162. The molecule has 218 valence electrons. The van der Waals surface area contributed by atoms with Crippen molar-refractivity contribution in [3.8, 4) is 0 Å². The molecule has 2 amide bonds. The number of amides is 2. The molecule has 1 spiro atoms. The highest BCUT2D eigenvalue weighted by Crippen LogP contribution is 2.65. The lowest BCUT2D eigenvalue weighted by atomic mass is 9.62. The van der Waals surface area contributed by atoms with E-state index >= 15 is 0 Å². The highest BCUT2D eigenvalue weighted by molar-refractivity contribution is 6.05. The lowest BCUT2D eigenvalue weighted by Crippen LogP contribution is -2.59. The number of esters is 1. The molecule has 0 aliphatic carbocycles. The molecule has 4 rings (SSSR count). The molecule has 40 heavy (non-hydrogen) atoms. The molecule has 8 nitrogen and oxygen atoms in total. The summed E-state index contributed by atoms with van der Waals surface area (Å²) < 4.78 is 12.5. The molecule has 3 saturated heterocycles. The highest BCUT2D eigenvalue weighted by Gasteiger charge is 2.80. The number of carbonyl (C=O) groups excluding carboxylic acids is 3.